The van der Waals surface area contributed by atoms with E-state index in [2.05, 4.69) is 22.4 Å². The zero-order valence-corrected chi connectivity index (χ0v) is 12.4. The summed E-state index contributed by atoms with van der Waals surface area (Å²) in [5.74, 6) is 2.18. The summed E-state index contributed by atoms with van der Waals surface area (Å²) in [6.07, 6.45) is 9.72. The van der Waals surface area contributed by atoms with E-state index in [1.54, 1.807) is 6.07 Å². The molecular weight excluding hydrogens is 263 g/mol. The Bertz CT molecular complexity index is 548. The minimum absolute atomic E-state index is 0.0882. The van der Waals surface area contributed by atoms with Crippen molar-refractivity contribution in [2.24, 2.45) is 17.8 Å². The Balaban J connectivity index is 1.39. The highest BCUT2D eigenvalue weighted by Crippen LogP contribution is 2.43. The van der Waals surface area contributed by atoms with Crippen molar-refractivity contribution in [1.82, 2.24) is 0 Å². The fraction of sp³-hybridized carbons (Fsp3) is 0.556. The largest absolute Gasteiger partial charge is 0.385 e. The molecule has 0 radical (unpaired) electrons. The number of allylic oxidation sites excluding steroid dienone is 2. The molecule has 2 fully saturated rings. The van der Waals surface area contributed by atoms with E-state index in [4.69, 9.17) is 0 Å². The SMILES string of the molecule is Fc1cc(NCC2CC3C=CC2C3)ccc1N1CCCC1. The highest BCUT2D eigenvalue weighted by Gasteiger charge is 2.35. The lowest BCUT2D eigenvalue weighted by atomic mass is 9.93. The topological polar surface area (TPSA) is 15.3 Å². The molecule has 1 aromatic rings. The minimum Gasteiger partial charge on any atom is -0.385 e. The van der Waals surface area contributed by atoms with E-state index in [-0.39, 0.29) is 5.82 Å². The van der Waals surface area contributed by atoms with Crippen LogP contribution in [0, 0.1) is 23.6 Å². The van der Waals surface area contributed by atoms with Crippen LogP contribution < -0.4 is 10.2 Å². The third-order valence-corrected chi connectivity index (χ3v) is 5.38. The molecule has 3 heteroatoms. The minimum atomic E-state index is -0.0882. The summed E-state index contributed by atoms with van der Waals surface area (Å²) in [6, 6.07) is 5.63. The maximum Gasteiger partial charge on any atom is 0.148 e. The fourth-order valence-electron chi connectivity index (χ4n) is 4.21. The summed E-state index contributed by atoms with van der Waals surface area (Å²) in [7, 11) is 0. The van der Waals surface area contributed by atoms with Gasteiger partial charge in [0.05, 0.1) is 5.69 Å². The van der Waals surface area contributed by atoms with Crippen molar-refractivity contribution in [3.05, 3.63) is 36.2 Å². The van der Waals surface area contributed by atoms with Gasteiger partial charge in [0, 0.05) is 25.3 Å². The van der Waals surface area contributed by atoms with Crippen molar-refractivity contribution in [2.45, 2.75) is 25.7 Å². The van der Waals surface area contributed by atoms with Crippen LogP contribution >= 0.6 is 0 Å². The summed E-state index contributed by atoms with van der Waals surface area (Å²) in [5, 5.41) is 3.44. The molecule has 2 bridgehead atoms. The fourth-order valence-corrected chi connectivity index (χ4v) is 4.21. The molecule has 0 spiro atoms. The molecule has 2 aliphatic carbocycles. The summed E-state index contributed by atoms with van der Waals surface area (Å²) in [6.45, 7) is 2.94. The van der Waals surface area contributed by atoms with Gasteiger partial charge in [-0.15, -0.1) is 0 Å². The third-order valence-electron chi connectivity index (χ3n) is 5.38. The van der Waals surface area contributed by atoms with Gasteiger partial charge in [0.1, 0.15) is 5.82 Å². The lowest BCUT2D eigenvalue weighted by molar-refractivity contribution is 0.472. The van der Waals surface area contributed by atoms with Gasteiger partial charge in [0.15, 0.2) is 0 Å². The second kappa shape index (κ2) is 5.36. The number of hydrogen-bond donors (Lipinski definition) is 1. The molecule has 1 saturated carbocycles. The van der Waals surface area contributed by atoms with Crippen LogP contribution in [0.2, 0.25) is 0 Å². The molecule has 1 saturated heterocycles. The van der Waals surface area contributed by atoms with Gasteiger partial charge in [-0.2, -0.15) is 0 Å². The Labute approximate surface area is 126 Å². The van der Waals surface area contributed by atoms with Gasteiger partial charge in [0.25, 0.3) is 0 Å². The Morgan fingerprint density at radius 1 is 1.14 bits per heavy atom. The summed E-state index contributed by atoms with van der Waals surface area (Å²) in [4.78, 5) is 2.15. The van der Waals surface area contributed by atoms with Gasteiger partial charge >= 0.3 is 0 Å². The van der Waals surface area contributed by atoms with E-state index in [0.717, 1.165) is 48.8 Å². The number of fused-ring (bicyclic) bond motifs is 2. The van der Waals surface area contributed by atoms with Crippen molar-refractivity contribution in [2.75, 3.05) is 29.9 Å². The Hall–Kier alpha value is -1.51. The lowest BCUT2D eigenvalue weighted by Gasteiger charge is -2.21. The van der Waals surface area contributed by atoms with Gasteiger partial charge in [-0.1, -0.05) is 12.2 Å². The molecular formula is C18H23FN2. The predicted molar refractivity (Wildman–Crippen MR) is 85.2 cm³/mol. The predicted octanol–water partition coefficient (Wildman–Crippen LogP) is 4.05. The lowest BCUT2D eigenvalue weighted by Crippen LogP contribution is -2.20. The van der Waals surface area contributed by atoms with Crippen LogP contribution in [0.5, 0.6) is 0 Å². The number of nitrogens with zero attached hydrogens (tertiary/aromatic N) is 1. The van der Waals surface area contributed by atoms with Crippen molar-refractivity contribution < 1.29 is 4.39 Å². The van der Waals surface area contributed by atoms with Crippen molar-refractivity contribution in [1.29, 1.82) is 0 Å². The van der Waals surface area contributed by atoms with Crippen LogP contribution in [0.3, 0.4) is 0 Å². The average Bonchev–Trinajstić information content (AvgIpc) is 3.22. The molecule has 0 amide bonds. The van der Waals surface area contributed by atoms with Crippen LogP contribution in [0.1, 0.15) is 25.7 Å². The van der Waals surface area contributed by atoms with Crippen LogP contribution in [0.4, 0.5) is 15.8 Å². The zero-order chi connectivity index (χ0) is 14.2. The van der Waals surface area contributed by atoms with Crippen LogP contribution in [0.25, 0.3) is 0 Å². The number of nitrogens with one attached hydrogen (secondary N) is 1. The third kappa shape index (κ3) is 2.54. The number of hydrogen-bond acceptors (Lipinski definition) is 2. The van der Waals surface area contributed by atoms with Gasteiger partial charge in [0.2, 0.25) is 0 Å². The van der Waals surface area contributed by atoms with Gasteiger partial charge in [-0.05, 0) is 61.6 Å². The molecule has 3 atom stereocenters. The Morgan fingerprint density at radius 2 is 2.00 bits per heavy atom. The van der Waals surface area contributed by atoms with Gasteiger partial charge in [-0.3, -0.25) is 0 Å². The standard InChI is InChI=1S/C18H23FN2/c19-17-11-16(5-6-18(17)21-7-1-2-8-21)20-12-15-10-13-3-4-14(15)9-13/h3-6,11,13-15,20H,1-2,7-10,12H2. The van der Waals surface area contributed by atoms with E-state index in [1.165, 1.54) is 25.7 Å². The van der Waals surface area contributed by atoms with Crippen LogP contribution in [-0.4, -0.2) is 19.6 Å². The van der Waals surface area contributed by atoms with Crippen molar-refractivity contribution in [3.8, 4) is 0 Å². The Kier molecular flexibility index (Phi) is 3.36. The number of rotatable bonds is 4. The van der Waals surface area contributed by atoms with Crippen molar-refractivity contribution in [3.63, 3.8) is 0 Å². The van der Waals surface area contributed by atoms with E-state index in [0.29, 0.717) is 0 Å². The van der Waals surface area contributed by atoms with E-state index >= 15 is 0 Å². The monoisotopic (exact) mass is 286 g/mol. The molecule has 4 rings (SSSR count). The first-order chi connectivity index (χ1) is 10.3. The van der Waals surface area contributed by atoms with Crippen molar-refractivity contribution >= 4 is 11.4 Å². The quantitative estimate of drug-likeness (QED) is 0.840. The molecule has 21 heavy (non-hydrogen) atoms. The maximum atomic E-state index is 14.3. The van der Waals surface area contributed by atoms with E-state index in [1.807, 2.05) is 12.1 Å². The Morgan fingerprint density at radius 3 is 2.67 bits per heavy atom. The highest BCUT2D eigenvalue weighted by atomic mass is 19.1. The number of benzene rings is 1. The molecule has 1 heterocycles. The smallest absolute Gasteiger partial charge is 0.148 e. The molecule has 1 aliphatic heterocycles. The first-order valence-corrected chi connectivity index (χ1v) is 8.26. The van der Waals surface area contributed by atoms with Gasteiger partial charge in [-0.25, -0.2) is 4.39 Å². The molecule has 112 valence electrons. The second-order valence-corrected chi connectivity index (χ2v) is 6.78. The average molecular weight is 286 g/mol. The van der Waals surface area contributed by atoms with Crippen LogP contribution in [-0.2, 0) is 0 Å². The maximum absolute atomic E-state index is 14.3. The molecule has 3 unspecified atom stereocenters. The molecule has 3 aliphatic rings. The second-order valence-electron chi connectivity index (χ2n) is 6.78. The first-order valence-electron chi connectivity index (χ1n) is 8.26. The van der Waals surface area contributed by atoms with E-state index in [9.17, 15) is 4.39 Å². The highest BCUT2D eigenvalue weighted by molar-refractivity contribution is 5.56. The first kappa shape index (κ1) is 13.2. The molecule has 2 nitrogen and oxygen atoms in total. The number of anilines is 2. The summed E-state index contributed by atoms with van der Waals surface area (Å²) >= 11 is 0. The number of halogens is 1. The molecule has 0 aromatic heterocycles. The zero-order valence-electron chi connectivity index (χ0n) is 12.4. The van der Waals surface area contributed by atoms with Crippen LogP contribution in [0.15, 0.2) is 30.4 Å². The molecule has 1 N–H and O–H groups in total. The summed E-state index contributed by atoms with van der Waals surface area (Å²) < 4.78 is 14.3. The molecule has 1 aromatic carbocycles. The summed E-state index contributed by atoms with van der Waals surface area (Å²) in [5.41, 5.74) is 1.68. The van der Waals surface area contributed by atoms with Gasteiger partial charge < -0.3 is 10.2 Å². The van der Waals surface area contributed by atoms with E-state index < -0.39 is 0 Å². The normalized spacial score (nSPS) is 30.3.